The van der Waals surface area contributed by atoms with Gasteiger partial charge in [0.25, 0.3) is 0 Å². The fourth-order valence-electron chi connectivity index (χ4n) is 1.49. The van der Waals surface area contributed by atoms with E-state index in [-0.39, 0.29) is 0 Å². The zero-order chi connectivity index (χ0) is 18.6. The van der Waals surface area contributed by atoms with Crippen LogP contribution in [0.1, 0.15) is 59.0 Å². The van der Waals surface area contributed by atoms with Gasteiger partial charge in [-0.25, -0.2) is 15.0 Å². The fraction of sp³-hybridized carbons (Fsp3) is 0.500. The van der Waals surface area contributed by atoms with Crippen LogP contribution in [0.3, 0.4) is 0 Å². The van der Waals surface area contributed by atoms with Crippen LogP contribution >= 0.6 is 0 Å². The number of rotatable bonds is 6. The first-order chi connectivity index (χ1) is 10.7. The van der Waals surface area contributed by atoms with Crippen molar-refractivity contribution < 1.29 is 15.3 Å². The third kappa shape index (κ3) is 9.29. The zero-order valence-electron chi connectivity index (χ0n) is 15.1. The minimum absolute atomic E-state index is 0.373. The predicted octanol–water partition coefficient (Wildman–Crippen LogP) is 2.22. The molecule has 1 aromatic rings. The Kier molecular flexibility index (Phi) is 6.16. The van der Waals surface area contributed by atoms with Crippen LogP contribution < -0.4 is 0 Å². The zero-order valence-corrected chi connectivity index (χ0v) is 15.1. The molecule has 0 aliphatic heterocycles. The van der Waals surface area contributed by atoms with Gasteiger partial charge in [-0.05, 0) is 78.0 Å². The van der Waals surface area contributed by atoms with Crippen LogP contribution in [0.5, 0.6) is 0 Å². The van der Waals surface area contributed by atoms with Crippen LogP contribution in [0.15, 0.2) is 18.2 Å². The van der Waals surface area contributed by atoms with Gasteiger partial charge in [-0.15, -0.1) is 0 Å². The minimum Gasteiger partial charge on any atom is -0.386 e. The van der Waals surface area contributed by atoms with Gasteiger partial charge < -0.3 is 15.3 Å². The molecular formula is C18H27N3O3. The first kappa shape index (κ1) is 20.2. The Balaban J connectivity index is 3.26. The van der Waals surface area contributed by atoms with Crippen molar-refractivity contribution in [3.8, 4) is 0 Å². The molecule has 3 N–H and O–H groups in total. The standard InChI is InChI=1S/C18H27N3O3/c1-16(2,22)10-7-13-19-14(8-11-17(3,4)23)21-15(20-13)9-12-18(5,6)24/h7-12,22-24H,1-6H3/b10-7+,11-8+,12-9+. The Morgan fingerprint density at radius 1 is 0.542 bits per heavy atom. The molecular weight excluding hydrogens is 306 g/mol. The van der Waals surface area contributed by atoms with E-state index in [2.05, 4.69) is 15.0 Å². The van der Waals surface area contributed by atoms with E-state index in [1.807, 2.05) is 0 Å². The molecule has 0 spiro atoms. The smallest absolute Gasteiger partial charge is 0.156 e. The summed E-state index contributed by atoms with van der Waals surface area (Å²) >= 11 is 0. The van der Waals surface area contributed by atoms with Crippen molar-refractivity contribution in [2.75, 3.05) is 0 Å². The van der Waals surface area contributed by atoms with E-state index >= 15 is 0 Å². The minimum atomic E-state index is -0.987. The largest absolute Gasteiger partial charge is 0.386 e. The number of nitrogens with zero attached hydrogens (tertiary/aromatic N) is 3. The molecule has 0 fully saturated rings. The number of aromatic nitrogens is 3. The molecule has 6 nitrogen and oxygen atoms in total. The average Bonchev–Trinajstić information content (AvgIpc) is 2.38. The second-order valence-corrected chi connectivity index (χ2v) is 7.37. The summed E-state index contributed by atoms with van der Waals surface area (Å²) < 4.78 is 0. The van der Waals surface area contributed by atoms with Crippen LogP contribution in [0, 0.1) is 0 Å². The molecule has 0 aromatic carbocycles. The van der Waals surface area contributed by atoms with Crippen molar-refractivity contribution in [3.63, 3.8) is 0 Å². The second-order valence-electron chi connectivity index (χ2n) is 7.37. The Morgan fingerprint density at radius 2 is 0.750 bits per heavy atom. The maximum Gasteiger partial charge on any atom is 0.156 e. The molecule has 132 valence electrons. The summed E-state index contributed by atoms with van der Waals surface area (Å²) in [5, 5.41) is 29.4. The molecule has 1 rings (SSSR count). The van der Waals surface area contributed by atoms with Crippen LogP contribution in [-0.2, 0) is 0 Å². The molecule has 1 heterocycles. The van der Waals surface area contributed by atoms with E-state index in [1.165, 1.54) is 0 Å². The van der Waals surface area contributed by atoms with E-state index in [1.54, 1.807) is 78.0 Å². The maximum absolute atomic E-state index is 9.79. The van der Waals surface area contributed by atoms with E-state index in [4.69, 9.17) is 0 Å². The van der Waals surface area contributed by atoms with E-state index in [9.17, 15) is 15.3 Å². The molecule has 0 aliphatic carbocycles. The summed E-state index contributed by atoms with van der Waals surface area (Å²) in [6, 6.07) is 0. The lowest BCUT2D eigenvalue weighted by Gasteiger charge is -2.11. The Labute approximate surface area is 143 Å². The van der Waals surface area contributed by atoms with Gasteiger partial charge in [-0.2, -0.15) is 0 Å². The van der Waals surface area contributed by atoms with Gasteiger partial charge in [-0.3, -0.25) is 0 Å². The van der Waals surface area contributed by atoms with Crippen LogP contribution in [0.4, 0.5) is 0 Å². The van der Waals surface area contributed by atoms with Gasteiger partial charge in [0.05, 0.1) is 16.8 Å². The van der Waals surface area contributed by atoms with Crippen molar-refractivity contribution in [2.24, 2.45) is 0 Å². The lowest BCUT2D eigenvalue weighted by Crippen LogP contribution is -2.15. The summed E-state index contributed by atoms with van der Waals surface area (Å²) in [4.78, 5) is 12.8. The van der Waals surface area contributed by atoms with Gasteiger partial charge in [0.1, 0.15) is 0 Å². The van der Waals surface area contributed by atoms with Crippen molar-refractivity contribution in [2.45, 2.75) is 58.3 Å². The van der Waals surface area contributed by atoms with E-state index in [0.29, 0.717) is 17.5 Å². The average molecular weight is 333 g/mol. The summed E-state index contributed by atoms with van der Waals surface area (Å²) in [6.45, 7) is 9.89. The molecule has 6 heteroatoms. The molecule has 0 amide bonds. The number of hydrogen-bond donors (Lipinski definition) is 3. The Hall–Kier alpha value is -1.89. The molecule has 0 atom stereocenters. The second kappa shape index (κ2) is 7.34. The number of aliphatic hydroxyl groups is 3. The third-order valence-corrected chi connectivity index (χ3v) is 2.61. The molecule has 0 bridgehead atoms. The van der Waals surface area contributed by atoms with Gasteiger partial charge in [0.15, 0.2) is 17.5 Å². The summed E-state index contributed by atoms with van der Waals surface area (Å²) in [6.07, 6.45) is 9.54. The van der Waals surface area contributed by atoms with Crippen LogP contribution in [0.25, 0.3) is 18.2 Å². The van der Waals surface area contributed by atoms with Crippen molar-refractivity contribution in [1.29, 1.82) is 0 Å². The normalized spacial score (nSPS) is 14.4. The van der Waals surface area contributed by atoms with Gasteiger partial charge in [-0.1, -0.05) is 0 Å². The van der Waals surface area contributed by atoms with E-state index < -0.39 is 16.8 Å². The first-order valence-corrected chi connectivity index (χ1v) is 7.74. The van der Waals surface area contributed by atoms with Crippen LogP contribution in [0.2, 0.25) is 0 Å². The Morgan fingerprint density at radius 3 is 0.917 bits per heavy atom. The highest BCUT2D eigenvalue weighted by Gasteiger charge is 2.11. The molecule has 1 aromatic heterocycles. The molecule has 0 saturated heterocycles. The molecule has 0 saturated carbocycles. The molecule has 0 aliphatic rings. The summed E-state index contributed by atoms with van der Waals surface area (Å²) in [5.41, 5.74) is -2.96. The third-order valence-electron chi connectivity index (χ3n) is 2.61. The SMILES string of the molecule is CC(C)(O)/C=C/c1nc(/C=C/C(C)(C)O)nc(/C=C/C(C)(C)O)n1. The first-order valence-electron chi connectivity index (χ1n) is 7.74. The van der Waals surface area contributed by atoms with Gasteiger partial charge in [0.2, 0.25) is 0 Å². The van der Waals surface area contributed by atoms with E-state index in [0.717, 1.165) is 0 Å². The monoisotopic (exact) mass is 333 g/mol. The highest BCUT2D eigenvalue weighted by atomic mass is 16.3. The molecule has 24 heavy (non-hydrogen) atoms. The molecule has 0 radical (unpaired) electrons. The lowest BCUT2D eigenvalue weighted by molar-refractivity contribution is 0.133. The lowest BCUT2D eigenvalue weighted by atomic mass is 10.1. The highest BCUT2D eigenvalue weighted by molar-refractivity contribution is 5.51. The van der Waals surface area contributed by atoms with Crippen molar-refractivity contribution in [1.82, 2.24) is 15.0 Å². The predicted molar refractivity (Wildman–Crippen MR) is 95.8 cm³/mol. The van der Waals surface area contributed by atoms with Crippen molar-refractivity contribution in [3.05, 3.63) is 35.7 Å². The van der Waals surface area contributed by atoms with Crippen molar-refractivity contribution >= 4 is 18.2 Å². The fourth-order valence-corrected chi connectivity index (χ4v) is 1.49. The Bertz CT molecular complexity index is 540. The van der Waals surface area contributed by atoms with Gasteiger partial charge >= 0.3 is 0 Å². The quantitative estimate of drug-likeness (QED) is 0.738. The number of hydrogen-bond acceptors (Lipinski definition) is 6. The summed E-state index contributed by atoms with van der Waals surface area (Å²) in [5.74, 6) is 1.12. The van der Waals surface area contributed by atoms with Gasteiger partial charge in [0, 0.05) is 0 Å². The highest BCUT2D eigenvalue weighted by Crippen LogP contribution is 2.11. The maximum atomic E-state index is 9.79. The molecule has 0 unspecified atom stereocenters. The topological polar surface area (TPSA) is 99.4 Å². The van der Waals surface area contributed by atoms with Crippen LogP contribution in [-0.4, -0.2) is 47.1 Å². The summed E-state index contributed by atoms with van der Waals surface area (Å²) in [7, 11) is 0.